The van der Waals surface area contributed by atoms with E-state index in [0.29, 0.717) is 6.08 Å². The van der Waals surface area contributed by atoms with Gasteiger partial charge in [0.25, 0.3) is 0 Å². The van der Waals surface area contributed by atoms with Crippen LogP contribution in [0, 0.1) is 0 Å². The van der Waals surface area contributed by atoms with E-state index in [1.165, 1.54) is 6.92 Å². The van der Waals surface area contributed by atoms with E-state index < -0.39 is 17.8 Å². The summed E-state index contributed by atoms with van der Waals surface area (Å²) in [7, 11) is 0. The molecule has 0 saturated carbocycles. The molecule has 0 aromatic heterocycles. The van der Waals surface area contributed by atoms with E-state index >= 15 is 0 Å². The third kappa shape index (κ3) is 3.33. The molecule has 0 aromatic carbocycles. The van der Waals surface area contributed by atoms with Gasteiger partial charge in [-0.05, 0) is 12.5 Å². The van der Waals surface area contributed by atoms with E-state index in [2.05, 4.69) is 6.58 Å². The van der Waals surface area contributed by atoms with Crippen molar-refractivity contribution in [1.82, 2.24) is 0 Å². The van der Waals surface area contributed by atoms with Gasteiger partial charge in [-0.3, -0.25) is 0 Å². The largest absolute Gasteiger partial charge is 0.243 e. The fraction of sp³-hybridized carbons (Fsp3) is 0.429. The lowest BCUT2D eigenvalue weighted by Crippen LogP contribution is -1.92. The molecule has 0 rings (SSSR count). The fourth-order valence-corrected chi connectivity index (χ4v) is 0.367. The Morgan fingerprint density at radius 2 is 2.10 bits per heavy atom. The molecule has 0 radical (unpaired) electrons. The van der Waals surface area contributed by atoms with Crippen molar-refractivity contribution in [3.63, 3.8) is 0 Å². The summed E-state index contributed by atoms with van der Waals surface area (Å²) in [5, 5.41) is 0. The molecule has 0 nitrogen and oxygen atoms in total. The van der Waals surface area contributed by atoms with Gasteiger partial charge in [-0.25, -0.2) is 13.2 Å². The molecule has 0 aromatic rings. The summed E-state index contributed by atoms with van der Waals surface area (Å²) in [6.07, 6.45) is -0.712. The van der Waals surface area contributed by atoms with Crippen LogP contribution in [0.25, 0.3) is 0 Å². The second kappa shape index (κ2) is 4.14. The smallest absolute Gasteiger partial charge is 0.157 e. The van der Waals surface area contributed by atoms with Gasteiger partial charge in [0.1, 0.15) is 6.17 Å². The molecule has 1 atom stereocenters. The van der Waals surface area contributed by atoms with E-state index in [-0.39, 0.29) is 6.42 Å². The fourth-order valence-electron chi connectivity index (χ4n) is 0.367. The molecule has 0 bridgehead atoms. The molecule has 0 heterocycles. The molecule has 0 aliphatic carbocycles. The topological polar surface area (TPSA) is 0 Å². The van der Waals surface area contributed by atoms with Crippen LogP contribution in [-0.2, 0) is 0 Å². The minimum atomic E-state index is -1.42. The zero-order chi connectivity index (χ0) is 8.15. The van der Waals surface area contributed by atoms with Gasteiger partial charge in [0.2, 0.25) is 0 Å². The highest BCUT2D eigenvalue weighted by Gasteiger charge is 2.04. The van der Waals surface area contributed by atoms with E-state index in [1.54, 1.807) is 0 Å². The molecular weight excluding hydrogens is 141 g/mol. The van der Waals surface area contributed by atoms with Gasteiger partial charge in [0.05, 0.1) is 0 Å². The van der Waals surface area contributed by atoms with Gasteiger partial charge in [0, 0.05) is 0 Å². The van der Waals surface area contributed by atoms with Crippen LogP contribution in [0.5, 0.6) is 0 Å². The van der Waals surface area contributed by atoms with Crippen molar-refractivity contribution >= 4 is 0 Å². The lowest BCUT2D eigenvalue weighted by atomic mass is 10.2. The Labute approximate surface area is 58.0 Å². The first-order valence-corrected chi connectivity index (χ1v) is 2.94. The lowest BCUT2D eigenvalue weighted by Gasteiger charge is -1.95. The highest BCUT2D eigenvalue weighted by molar-refractivity contribution is 5.16. The standard InChI is InChI=1S/C7H9F3/c1-3-6(9)4-7(10)5(2)8/h4,6H,2-3H2,1H3/b7-4+. The van der Waals surface area contributed by atoms with Crippen LogP contribution in [-0.4, -0.2) is 6.17 Å². The van der Waals surface area contributed by atoms with E-state index in [1.807, 2.05) is 0 Å². The number of halogens is 3. The first-order valence-electron chi connectivity index (χ1n) is 2.94. The van der Waals surface area contributed by atoms with Gasteiger partial charge in [0.15, 0.2) is 11.7 Å². The SMILES string of the molecule is C=C(F)/C(F)=C\C(F)CC. The molecular formula is C7H9F3. The van der Waals surface area contributed by atoms with Gasteiger partial charge < -0.3 is 0 Å². The van der Waals surface area contributed by atoms with Crippen LogP contribution in [0.15, 0.2) is 24.3 Å². The summed E-state index contributed by atoms with van der Waals surface area (Å²) in [4.78, 5) is 0. The predicted molar refractivity (Wildman–Crippen MR) is 34.6 cm³/mol. The Kier molecular flexibility index (Phi) is 3.84. The van der Waals surface area contributed by atoms with Gasteiger partial charge in [-0.15, -0.1) is 0 Å². The van der Waals surface area contributed by atoms with Crippen molar-refractivity contribution in [1.29, 1.82) is 0 Å². The van der Waals surface area contributed by atoms with Crippen LogP contribution >= 0.6 is 0 Å². The van der Waals surface area contributed by atoms with Gasteiger partial charge in [-0.1, -0.05) is 13.5 Å². The summed E-state index contributed by atoms with van der Waals surface area (Å²) in [5.41, 5.74) is 0. The Hall–Kier alpha value is -0.730. The molecule has 0 fully saturated rings. The van der Waals surface area contributed by atoms with Crippen LogP contribution in [0.4, 0.5) is 13.2 Å². The average molecular weight is 150 g/mol. The Balaban J connectivity index is 4.02. The second-order valence-corrected chi connectivity index (χ2v) is 1.84. The molecule has 0 spiro atoms. The molecule has 1 unspecified atom stereocenters. The molecule has 0 aliphatic heterocycles. The summed E-state index contributed by atoms with van der Waals surface area (Å²) in [6, 6.07) is 0. The van der Waals surface area contributed by atoms with Crippen molar-refractivity contribution < 1.29 is 13.2 Å². The number of alkyl halides is 1. The van der Waals surface area contributed by atoms with Crippen LogP contribution < -0.4 is 0 Å². The van der Waals surface area contributed by atoms with Gasteiger partial charge >= 0.3 is 0 Å². The molecule has 0 aliphatic rings. The Bertz CT molecular complexity index is 149. The summed E-state index contributed by atoms with van der Waals surface area (Å²) >= 11 is 0. The third-order valence-electron chi connectivity index (χ3n) is 0.976. The molecule has 0 N–H and O–H groups in total. The quantitative estimate of drug-likeness (QED) is 0.542. The summed E-state index contributed by atoms with van der Waals surface area (Å²) in [5.74, 6) is -2.44. The maximum Gasteiger partial charge on any atom is 0.157 e. The highest BCUT2D eigenvalue weighted by atomic mass is 19.2. The molecule has 3 heteroatoms. The van der Waals surface area contributed by atoms with Crippen LogP contribution in [0.3, 0.4) is 0 Å². The van der Waals surface area contributed by atoms with E-state index in [0.717, 1.165) is 0 Å². The summed E-state index contributed by atoms with van der Waals surface area (Å²) in [6.45, 7) is 4.20. The van der Waals surface area contributed by atoms with E-state index in [9.17, 15) is 13.2 Å². The zero-order valence-electron chi connectivity index (χ0n) is 5.70. The zero-order valence-corrected chi connectivity index (χ0v) is 5.70. The number of hydrogen-bond donors (Lipinski definition) is 0. The monoisotopic (exact) mass is 150 g/mol. The average Bonchev–Trinajstić information content (AvgIpc) is 1.87. The number of hydrogen-bond acceptors (Lipinski definition) is 0. The van der Waals surface area contributed by atoms with Crippen molar-refractivity contribution in [3.05, 3.63) is 24.3 Å². The maximum atomic E-state index is 12.2. The third-order valence-corrected chi connectivity index (χ3v) is 0.976. The van der Waals surface area contributed by atoms with Crippen molar-refractivity contribution in [2.75, 3.05) is 0 Å². The minimum absolute atomic E-state index is 0.140. The van der Waals surface area contributed by atoms with Crippen molar-refractivity contribution in [3.8, 4) is 0 Å². The van der Waals surface area contributed by atoms with Crippen LogP contribution in [0.2, 0.25) is 0 Å². The minimum Gasteiger partial charge on any atom is -0.243 e. The predicted octanol–water partition coefficient (Wildman–Crippen LogP) is 3.07. The summed E-state index contributed by atoms with van der Waals surface area (Å²) < 4.78 is 36.1. The number of rotatable bonds is 3. The molecule has 10 heavy (non-hydrogen) atoms. The van der Waals surface area contributed by atoms with Crippen LogP contribution in [0.1, 0.15) is 13.3 Å². The second-order valence-electron chi connectivity index (χ2n) is 1.84. The highest BCUT2D eigenvalue weighted by Crippen LogP contribution is 2.13. The maximum absolute atomic E-state index is 12.2. The Morgan fingerprint density at radius 3 is 2.40 bits per heavy atom. The molecule has 0 amide bonds. The van der Waals surface area contributed by atoms with Crippen molar-refractivity contribution in [2.24, 2.45) is 0 Å². The first-order chi connectivity index (χ1) is 4.57. The Morgan fingerprint density at radius 1 is 1.60 bits per heavy atom. The normalized spacial score (nSPS) is 15.0. The molecule has 58 valence electrons. The number of allylic oxidation sites excluding steroid dienone is 3. The van der Waals surface area contributed by atoms with E-state index in [4.69, 9.17) is 0 Å². The molecule has 0 saturated heterocycles. The first kappa shape index (κ1) is 9.27. The lowest BCUT2D eigenvalue weighted by molar-refractivity contribution is 0.381. The van der Waals surface area contributed by atoms with Crippen molar-refractivity contribution in [2.45, 2.75) is 19.5 Å². The van der Waals surface area contributed by atoms with Gasteiger partial charge in [-0.2, -0.15) is 0 Å².